The van der Waals surface area contributed by atoms with E-state index < -0.39 is 17.3 Å². The lowest BCUT2D eigenvalue weighted by Gasteiger charge is -2.32. The van der Waals surface area contributed by atoms with Crippen molar-refractivity contribution in [1.82, 2.24) is 0 Å². The highest BCUT2D eigenvalue weighted by molar-refractivity contribution is 5.39. The molecule has 3 nitrogen and oxygen atoms in total. The molecular weight excluding hydrogens is 283 g/mol. The van der Waals surface area contributed by atoms with Crippen molar-refractivity contribution in [3.05, 3.63) is 29.3 Å². The average Bonchev–Trinajstić information content (AvgIpc) is 2.45. The van der Waals surface area contributed by atoms with Crippen LogP contribution in [-0.2, 0) is 12.7 Å². The molecule has 1 aliphatic carbocycles. The van der Waals surface area contributed by atoms with Crippen LogP contribution >= 0.6 is 0 Å². The van der Waals surface area contributed by atoms with E-state index in [2.05, 4.69) is 0 Å². The molecule has 1 aliphatic rings. The van der Waals surface area contributed by atoms with Crippen molar-refractivity contribution in [2.75, 3.05) is 6.61 Å². The lowest BCUT2D eigenvalue weighted by Crippen LogP contribution is -2.38. The lowest BCUT2D eigenvalue weighted by molar-refractivity contribution is -0.139. The lowest BCUT2D eigenvalue weighted by atomic mass is 9.85. The van der Waals surface area contributed by atoms with Crippen LogP contribution in [0.15, 0.2) is 18.2 Å². The van der Waals surface area contributed by atoms with Gasteiger partial charge in [-0.25, -0.2) is 0 Å². The Hall–Kier alpha value is -1.27. The normalized spacial score (nSPS) is 18.5. The van der Waals surface area contributed by atoms with Crippen LogP contribution in [-0.4, -0.2) is 17.3 Å². The second-order valence-electron chi connectivity index (χ2n) is 5.61. The summed E-state index contributed by atoms with van der Waals surface area (Å²) in [5.74, 6) is -0.251. The van der Waals surface area contributed by atoms with Crippen molar-refractivity contribution in [3.8, 4) is 5.75 Å². The molecule has 0 saturated heterocycles. The number of hydrogen-bond donors (Lipinski definition) is 2. The molecule has 0 bridgehead atoms. The molecule has 0 aliphatic heterocycles. The zero-order valence-corrected chi connectivity index (χ0v) is 11.7. The Balaban J connectivity index is 2.15. The smallest absolute Gasteiger partial charge is 0.419 e. The molecule has 0 atom stereocenters. The first-order valence-corrected chi connectivity index (χ1v) is 7.09. The second-order valence-corrected chi connectivity index (χ2v) is 5.61. The number of alkyl halides is 3. The summed E-state index contributed by atoms with van der Waals surface area (Å²) in [4.78, 5) is 0. The Labute approximate surface area is 121 Å². The van der Waals surface area contributed by atoms with Gasteiger partial charge in [0.1, 0.15) is 12.4 Å². The van der Waals surface area contributed by atoms with E-state index in [1.165, 1.54) is 12.1 Å². The fourth-order valence-corrected chi connectivity index (χ4v) is 2.62. The van der Waals surface area contributed by atoms with E-state index in [1.807, 2.05) is 0 Å². The van der Waals surface area contributed by atoms with Gasteiger partial charge in [0.2, 0.25) is 0 Å². The van der Waals surface area contributed by atoms with E-state index in [0.29, 0.717) is 18.4 Å². The van der Waals surface area contributed by atoms with Crippen molar-refractivity contribution >= 4 is 0 Å². The standard InChI is InChI=1S/C15H20F3NO2/c16-15(17,18)12-8-11(9-19)4-5-13(12)21-10-14(20)6-2-1-3-7-14/h4-5,8,20H,1-3,6-7,9-10,19H2. The van der Waals surface area contributed by atoms with Crippen LogP contribution in [0.3, 0.4) is 0 Å². The van der Waals surface area contributed by atoms with Crippen LogP contribution in [0.2, 0.25) is 0 Å². The molecule has 0 unspecified atom stereocenters. The third-order valence-electron chi connectivity index (χ3n) is 3.87. The summed E-state index contributed by atoms with van der Waals surface area (Å²) < 4.78 is 44.4. The van der Waals surface area contributed by atoms with E-state index in [9.17, 15) is 18.3 Å². The predicted octanol–water partition coefficient (Wildman–Crippen LogP) is 3.24. The molecule has 118 valence electrons. The van der Waals surface area contributed by atoms with Crippen LogP contribution in [0.1, 0.15) is 43.2 Å². The average molecular weight is 303 g/mol. The maximum absolute atomic E-state index is 13.0. The fraction of sp³-hybridized carbons (Fsp3) is 0.600. The van der Waals surface area contributed by atoms with Gasteiger partial charge in [0.15, 0.2) is 0 Å². The third-order valence-corrected chi connectivity index (χ3v) is 3.87. The monoisotopic (exact) mass is 303 g/mol. The highest BCUT2D eigenvalue weighted by Crippen LogP contribution is 2.38. The molecule has 0 radical (unpaired) electrons. The molecule has 1 aromatic carbocycles. The van der Waals surface area contributed by atoms with Gasteiger partial charge in [-0.05, 0) is 30.5 Å². The summed E-state index contributed by atoms with van der Waals surface area (Å²) in [6.07, 6.45) is -0.586. The van der Waals surface area contributed by atoms with E-state index in [0.717, 1.165) is 25.3 Å². The third kappa shape index (κ3) is 4.11. The van der Waals surface area contributed by atoms with Gasteiger partial charge in [0.05, 0.1) is 11.2 Å². The zero-order valence-electron chi connectivity index (χ0n) is 11.7. The topological polar surface area (TPSA) is 55.5 Å². The minimum atomic E-state index is -4.50. The van der Waals surface area contributed by atoms with Gasteiger partial charge in [-0.2, -0.15) is 13.2 Å². The Kier molecular flexibility index (Phi) is 4.78. The van der Waals surface area contributed by atoms with Crippen LogP contribution < -0.4 is 10.5 Å². The Morgan fingerprint density at radius 1 is 1.19 bits per heavy atom. The van der Waals surface area contributed by atoms with Crippen molar-refractivity contribution in [2.24, 2.45) is 5.73 Å². The van der Waals surface area contributed by atoms with Crippen LogP contribution in [0.5, 0.6) is 5.75 Å². The Morgan fingerprint density at radius 2 is 1.86 bits per heavy atom. The van der Waals surface area contributed by atoms with Gasteiger partial charge in [-0.15, -0.1) is 0 Å². The molecular formula is C15H20F3NO2. The van der Waals surface area contributed by atoms with Gasteiger partial charge in [-0.3, -0.25) is 0 Å². The van der Waals surface area contributed by atoms with E-state index >= 15 is 0 Å². The largest absolute Gasteiger partial charge is 0.490 e. The Morgan fingerprint density at radius 3 is 2.43 bits per heavy atom. The highest BCUT2D eigenvalue weighted by Gasteiger charge is 2.36. The Bertz CT molecular complexity index is 482. The molecule has 0 heterocycles. The first kappa shape index (κ1) is 16.1. The summed E-state index contributed by atoms with van der Waals surface area (Å²) in [5.41, 5.74) is 3.91. The number of benzene rings is 1. The summed E-state index contributed by atoms with van der Waals surface area (Å²) in [5, 5.41) is 10.3. The highest BCUT2D eigenvalue weighted by atomic mass is 19.4. The minimum Gasteiger partial charge on any atom is -0.490 e. The molecule has 21 heavy (non-hydrogen) atoms. The molecule has 1 aromatic rings. The predicted molar refractivity (Wildman–Crippen MR) is 72.9 cm³/mol. The second kappa shape index (κ2) is 6.23. The van der Waals surface area contributed by atoms with Gasteiger partial charge in [0.25, 0.3) is 0 Å². The number of rotatable bonds is 4. The van der Waals surface area contributed by atoms with Crippen LogP contribution in [0.4, 0.5) is 13.2 Å². The number of nitrogens with two attached hydrogens (primary N) is 1. The van der Waals surface area contributed by atoms with E-state index in [4.69, 9.17) is 10.5 Å². The molecule has 1 fully saturated rings. The molecule has 0 aromatic heterocycles. The summed E-state index contributed by atoms with van der Waals surface area (Å²) in [6, 6.07) is 3.78. The van der Waals surface area contributed by atoms with Crippen LogP contribution in [0, 0.1) is 0 Å². The van der Waals surface area contributed by atoms with E-state index in [-0.39, 0.29) is 18.9 Å². The molecule has 3 N–H and O–H groups in total. The number of ether oxygens (including phenoxy) is 1. The fourth-order valence-electron chi connectivity index (χ4n) is 2.62. The molecule has 2 rings (SSSR count). The van der Waals surface area contributed by atoms with Gasteiger partial charge < -0.3 is 15.6 Å². The van der Waals surface area contributed by atoms with E-state index in [1.54, 1.807) is 0 Å². The maximum Gasteiger partial charge on any atom is 0.419 e. The number of aliphatic hydroxyl groups is 1. The number of halogens is 3. The van der Waals surface area contributed by atoms with Gasteiger partial charge in [-0.1, -0.05) is 25.3 Å². The first-order valence-electron chi connectivity index (χ1n) is 7.09. The summed E-state index contributed by atoms with van der Waals surface area (Å²) >= 11 is 0. The zero-order chi connectivity index (χ0) is 15.5. The van der Waals surface area contributed by atoms with Crippen molar-refractivity contribution in [3.63, 3.8) is 0 Å². The SMILES string of the molecule is NCc1ccc(OCC2(O)CCCCC2)c(C(F)(F)F)c1. The summed E-state index contributed by atoms with van der Waals surface area (Å²) in [7, 11) is 0. The summed E-state index contributed by atoms with van der Waals surface area (Å²) in [6.45, 7) is -0.0780. The van der Waals surface area contributed by atoms with Crippen molar-refractivity contribution in [1.29, 1.82) is 0 Å². The van der Waals surface area contributed by atoms with Crippen molar-refractivity contribution < 1.29 is 23.0 Å². The quantitative estimate of drug-likeness (QED) is 0.898. The maximum atomic E-state index is 13.0. The first-order chi connectivity index (χ1) is 9.84. The van der Waals surface area contributed by atoms with Gasteiger partial charge in [0, 0.05) is 6.54 Å². The number of hydrogen-bond acceptors (Lipinski definition) is 3. The van der Waals surface area contributed by atoms with Crippen molar-refractivity contribution in [2.45, 2.75) is 50.4 Å². The molecule has 6 heteroatoms. The molecule has 0 spiro atoms. The van der Waals surface area contributed by atoms with Crippen LogP contribution in [0.25, 0.3) is 0 Å². The minimum absolute atomic E-state index is 0.0350. The molecule has 0 amide bonds. The molecule has 1 saturated carbocycles. The van der Waals surface area contributed by atoms with Gasteiger partial charge >= 0.3 is 6.18 Å².